The van der Waals surface area contributed by atoms with E-state index >= 15 is 0 Å². The molecule has 19 heavy (non-hydrogen) atoms. The molecular formula is C16H26N2O. The normalized spacial score (nSPS) is 48.3. The molecule has 1 heterocycles. The largest absolute Gasteiger partial charge is 0.341 e. The van der Waals surface area contributed by atoms with Crippen LogP contribution in [0.1, 0.15) is 51.4 Å². The number of nitrogens with two attached hydrogens (primary N) is 1. The van der Waals surface area contributed by atoms with Gasteiger partial charge in [-0.3, -0.25) is 4.79 Å². The molecule has 1 unspecified atom stereocenters. The predicted molar refractivity (Wildman–Crippen MR) is 74.4 cm³/mol. The van der Waals surface area contributed by atoms with Crippen LogP contribution >= 0.6 is 0 Å². The molecule has 1 amide bonds. The molecule has 5 fully saturated rings. The summed E-state index contributed by atoms with van der Waals surface area (Å²) in [4.78, 5) is 13.9. The van der Waals surface area contributed by atoms with Gasteiger partial charge in [0, 0.05) is 25.6 Å². The molecule has 5 aliphatic rings. The molecule has 1 saturated heterocycles. The molecule has 0 aromatic carbocycles. The van der Waals surface area contributed by atoms with Crippen molar-refractivity contribution < 1.29 is 4.79 Å². The third-order valence-electron chi connectivity index (χ3n) is 6.32. The lowest BCUT2D eigenvalue weighted by atomic mass is 9.49. The SMILES string of the molecule is NC1CC(=O)N(CCC23CC4CC(CC(C4)C2)C3)C1. The summed E-state index contributed by atoms with van der Waals surface area (Å²) >= 11 is 0. The maximum atomic E-state index is 11.8. The molecule has 5 rings (SSSR count). The zero-order valence-electron chi connectivity index (χ0n) is 11.8. The molecule has 4 bridgehead atoms. The van der Waals surface area contributed by atoms with Gasteiger partial charge < -0.3 is 10.6 Å². The van der Waals surface area contributed by atoms with Crippen LogP contribution in [0.3, 0.4) is 0 Å². The van der Waals surface area contributed by atoms with Crippen molar-refractivity contribution in [1.82, 2.24) is 4.90 Å². The fourth-order valence-corrected chi connectivity index (χ4v) is 5.99. The Labute approximate surface area is 115 Å². The zero-order chi connectivity index (χ0) is 13.0. The first-order valence-corrected chi connectivity index (χ1v) is 8.15. The van der Waals surface area contributed by atoms with Gasteiger partial charge in [-0.2, -0.15) is 0 Å². The smallest absolute Gasteiger partial charge is 0.224 e. The number of amides is 1. The van der Waals surface area contributed by atoms with Crippen molar-refractivity contribution in [2.45, 2.75) is 57.4 Å². The van der Waals surface area contributed by atoms with E-state index in [1.807, 2.05) is 4.90 Å². The maximum absolute atomic E-state index is 11.8. The van der Waals surface area contributed by atoms with Gasteiger partial charge in [0.1, 0.15) is 0 Å². The first kappa shape index (κ1) is 12.2. The second-order valence-electron chi connectivity index (χ2n) is 7.97. The van der Waals surface area contributed by atoms with E-state index in [0.717, 1.165) is 30.8 Å². The molecule has 2 N–H and O–H groups in total. The van der Waals surface area contributed by atoms with Crippen molar-refractivity contribution >= 4 is 5.91 Å². The molecule has 3 heteroatoms. The molecule has 3 nitrogen and oxygen atoms in total. The van der Waals surface area contributed by atoms with E-state index in [0.29, 0.717) is 11.8 Å². The van der Waals surface area contributed by atoms with E-state index < -0.39 is 0 Å². The number of carbonyl (C=O) groups is 1. The minimum absolute atomic E-state index is 0.0869. The van der Waals surface area contributed by atoms with Crippen molar-refractivity contribution in [2.75, 3.05) is 13.1 Å². The molecule has 0 radical (unpaired) electrons. The van der Waals surface area contributed by atoms with Crippen LogP contribution in [0.5, 0.6) is 0 Å². The Bertz CT molecular complexity index is 357. The molecule has 0 aromatic rings. The Morgan fingerprint density at radius 1 is 1.11 bits per heavy atom. The minimum Gasteiger partial charge on any atom is -0.341 e. The van der Waals surface area contributed by atoms with Crippen molar-refractivity contribution in [3.8, 4) is 0 Å². The van der Waals surface area contributed by atoms with Gasteiger partial charge >= 0.3 is 0 Å². The zero-order valence-corrected chi connectivity index (χ0v) is 11.8. The van der Waals surface area contributed by atoms with Gasteiger partial charge in [-0.15, -0.1) is 0 Å². The highest BCUT2D eigenvalue weighted by atomic mass is 16.2. The fourth-order valence-electron chi connectivity index (χ4n) is 5.99. The number of rotatable bonds is 3. The molecule has 4 aliphatic carbocycles. The minimum atomic E-state index is 0.0869. The second kappa shape index (κ2) is 4.21. The van der Waals surface area contributed by atoms with Crippen molar-refractivity contribution in [3.63, 3.8) is 0 Å². The van der Waals surface area contributed by atoms with Gasteiger partial charge in [0.2, 0.25) is 5.91 Å². The molecule has 1 atom stereocenters. The van der Waals surface area contributed by atoms with E-state index in [1.165, 1.54) is 44.9 Å². The summed E-state index contributed by atoms with van der Waals surface area (Å²) in [5.74, 6) is 3.34. The highest BCUT2D eigenvalue weighted by Crippen LogP contribution is 2.61. The van der Waals surface area contributed by atoms with E-state index in [-0.39, 0.29) is 11.9 Å². The molecule has 0 aromatic heterocycles. The van der Waals surface area contributed by atoms with Crippen LogP contribution in [0.4, 0.5) is 0 Å². The molecule has 0 spiro atoms. The molecule has 106 valence electrons. The predicted octanol–water partition coefficient (Wildman–Crippen LogP) is 2.15. The summed E-state index contributed by atoms with van der Waals surface area (Å²) in [6.07, 6.45) is 10.7. The average molecular weight is 262 g/mol. The topological polar surface area (TPSA) is 46.3 Å². The number of nitrogens with zero attached hydrogens (tertiary/aromatic N) is 1. The van der Waals surface area contributed by atoms with Gasteiger partial charge in [0.25, 0.3) is 0 Å². The van der Waals surface area contributed by atoms with E-state index in [2.05, 4.69) is 0 Å². The average Bonchev–Trinajstić information content (AvgIpc) is 2.64. The summed E-state index contributed by atoms with van der Waals surface area (Å²) in [7, 11) is 0. The lowest BCUT2D eigenvalue weighted by Crippen LogP contribution is -2.47. The summed E-state index contributed by atoms with van der Waals surface area (Å²) in [5.41, 5.74) is 6.49. The highest BCUT2D eigenvalue weighted by Gasteiger charge is 2.50. The standard InChI is InChI=1S/C16H26N2O/c17-14-6-15(19)18(10-14)2-1-16-7-11-3-12(8-16)5-13(4-11)9-16/h11-14H,1-10,17H2. The first-order chi connectivity index (χ1) is 9.12. The first-order valence-electron chi connectivity index (χ1n) is 8.15. The Hall–Kier alpha value is -0.570. The highest BCUT2D eigenvalue weighted by molar-refractivity contribution is 5.79. The van der Waals surface area contributed by atoms with Crippen LogP contribution in [-0.2, 0) is 4.79 Å². The number of carbonyl (C=O) groups excluding carboxylic acids is 1. The van der Waals surface area contributed by atoms with Crippen LogP contribution in [0.25, 0.3) is 0 Å². The van der Waals surface area contributed by atoms with Crippen LogP contribution in [-0.4, -0.2) is 29.9 Å². The molecule has 4 saturated carbocycles. The fraction of sp³-hybridized carbons (Fsp3) is 0.938. The third-order valence-corrected chi connectivity index (χ3v) is 6.32. The van der Waals surface area contributed by atoms with Crippen LogP contribution in [0, 0.1) is 23.2 Å². The van der Waals surface area contributed by atoms with Crippen molar-refractivity contribution in [2.24, 2.45) is 28.9 Å². The quantitative estimate of drug-likeness (QED) is 0.847. The van der Waals surface area contributed by atoms with E-state index in [9.17, 15) is 4.79 Å². The van der Waals surface area contributed by atoms with Crippen molar-refractivity contribution in [3.05, 3.63) is 0 Å². The summed E-state index contributed by atoms with van der Waals surface area (Å²) < 4.78 is 0. The lowest BCUT2D eigenvalue weighted by Gasteiger charge is -2.57. The Balaban J connectivity index is 1.41. The molecular weight excluding hydrogens is 236 g/mol. The number of likely N-dealkylation sites (tertiary alicyclic amines) is 1. The van der Waals surface area contributed by atoms with Crippen LogP contribution in [0.2, 0.25) is 0 Å². The van der Waals surface area contributed by atoms with Gasteiger partial charge in [-0.25, -0.2) is 0 Å². The second-order valence-corrected chi connectivity index (χ2v) is 7.97. The van der Waals surface area contributed by atoms with Crippen LogP contribution < -0.4 is 5.73 Å². The lowest BCUT2D eigenvalue weighted by molar-refractivity contribution is -0.128. The number of hydrogen-bond donors (Lipinski definition) is 1. The van der Waals surface area contributed by atoms with Crippen molar-refractivity contribution in [1.29, 1.82) is 0 Å². The summed E-state index contributed by atoms with van der Waals surface area (Å²) in [6.45, 7) is 1.77. The van der Waals surface area contributed by atoms with Gasteiger partial charge in [-0.05, 0) is 68.1 Å². The van der Waals surface area contributed by atoms with Gasteiger partial charge in [0.05, 0.1) is 0 Å². The number of hydrogen-bond acceptors (Lipinski definition) is 2. The third kappa shape index (κ3) is 2.10. The summed E-state index contributed by atoms with van der Waals surface area (Å²) in [5, 5.41) is 0. The monoisotopic (exact) mass is 262 g/mol. The van der Waals surface area contributed by atoms with Crippen LogP contribution in [0.15, 0.2) is 0 Å². The van der Waals surface area contributed by atoms with Gasteiger partial charge in [-0.1, -0.05) is 0 Å². The Morgan fingerprint density at radius 3 is 2.16 bits per heavy atom. The Morgan fingerprint density at radius 2 is 1.68 bits per heavy atom. The van der Waals surface area contributed by atoms with E-state index in [4.69, 9.17) is 5.73 Å². The van der Waals surface area contributed by atoms with E-state index in [1.54, 1.807) is 0 Å². The maximum Gasteiger partial charge on any atom is 0.224 e. The molecule has 1 aliphatic heterocycles. The summed E-state index contributed by atoms with van der Waals surface area (Å²) in [6, 6.07) is 0.0869. The van der Waals surface area contributed by atoms with Gasteiger partial charge in [0.15, 0.2) is 0 Å². The Kier molecular flexibility index (Phi) is 2.70.